The van der Waals surface area contributed by atoms with Crippen LogP contribution >= 0.6 is 0 Å². The summed E-state index contributed by atoms with van der Waals surface area (Å²) in [6, 6.07) is -0.850. The maximum absolute atomic E-state index is 10.9. The quantitative estimate of drug-likeness (QED) is 0.536. The van der Waals surface area contributed by atoms with Crippen molar-refractivity contribution in [1.82, 2.24) is 4.90 Å². The second-order valence-corrected chi connectivity index (χ2v) is 2.91. The van der Waals surface area contributed by atoms with Gasteiger partial charge in [-0.2, -0.15) is 0 Å². The molecule has 12 heavy (non-hydrogen) atoms. The van der Waals surface area contributed by atoms with Gasteiger partial charge in [0.05, 0.1) is 6.10 Å². The predicted octanol–water partition coefficient (Wildman–Crippen LogP) is -0.947. The van der Waals surface area contributed by atoms with Crippen LogP contribution in [0.2, 0.25) is 0 Å². The van der Waals surface area contributed by atoms with Crippen LogP contribution in [0.1, 0.15) is 13.3 Å². The first-order valence-electron chi connectivity index (χ1n) is 3.70. The van der Waals surface area contributed by atoms with E-state index in [0.717, 1.165) is 0 Å². The normalized spacial score (nSPS) is 29.0. The molecule has 0 aliphatic carbocycles. The molecular formula is C7H11NO4. The molecule has 1 saturated heterocycles. The SMILES string of the molecule is CC(=O)N1CC(O)C[C@@H]1C(=O)O. The molecular weight excluding hydrogens is 162 g/mol. The molecule has 2 N–H and O–H groups in total. The minimum absolute atomic E-state index is 0.131. The van der Waals surface area contributed by atoms with Crippen LogP contribution in [0.25, 0.3) is 0 Å². The van der Waals surface area contributed by atoms with Crippen molar-refractivity contribution in [3.63, 3.8) is 0 Å². The number of carboxylic acid groups (broad SMARTS) is 1. The van der Waals surface area contributed by atoms with Gasteiger partial charge >= 0.3 is 5.97 Å². The molecule has 68 valence electrons. The summed E-state index contributed by atoms with van der Waals surface area (Å²) in [4.78, 5) is 22.6. The average molecular weight is 173 g/mol. The highest BCUT2D eigenvalue weighted by Crippen LogP contribution is 2.17. The Morgan fingerprint density at radius 2 is 2.08 bits per heavy atom. The van der Waals surface area contributed by atoms with E-state index in [0.29, 0.717) is 0 Å². The van der Waals surface area contributed by atoms with E-state index in [1.54, 1.807) is 0 Å². The molecule has 1 fully saturated rings. The second kappa shape index (κ2) is 3.10. The van der Waals surface area contributed by atoms with E-state index >= 15 is 0 Å². The van der Waals surface area contributed by atoms with E-state index < -0.39 is 18.1 Å². The first kappa shape index (κ1) is 8.99. The first-order valence-corrected chi connectivity index (χ1v) is 3.70. The first-order chi connectivity index (χ1) is 5.52. The number of β-amino-alcohol motifs (C(OH)–C–C–N with tert-alkyl or cyclic N) is 1. The van der Waals surface area contributed by atoms with Gasteiger partial charge in [0, 0.05) is 19.9 Å². The van der Waals surface area contributed by atoms with Crippen LogP contribution in [0.4, 0.5) is 0 Å². The van der Waals surface area contributed by atoms with Crippen molar-refractivity contribution < 1.29 is 19.8 Å². The van der Waals surface area contributed by atoms with Crippen LogP contribution in [0.5, 0.6) is 0 Å². The molecule has 0 aromatic rings. The number of aliphatic carboxylic acids is 1. The third-order valence-corrected chi connectivity index (χ3v) is 1.97. The Labute approximate surface area is 69.6 Å². The van der Waals surface area contributed by atoms with Gasteiger partial charge in [0.1, 0.15) is 6.04 Å². The van der Waals surface area contributed by atoms with E-state index in [-0.39, 0.29) is 18.9 Å². The van der Waals surface area contributed by atoms with Gasteiger partial charge in [0.2, 0.25) is 5.91 Å². The molecule has 0 bridgehead atoms. The van der Waals surface area contributed by atoms with E-state index in [2.05, 4.69) is 0 Å². The van der Waals surface area contributed by atoms with Gasteiger partial charge in [-0.1, -0.05) is 0 Å². The Hall–Kier alpha value is -1.10. The molecule has 1 aliphatic heterocycles. The summed E-state index contributed by atoms with van der Waals surface area (Å²) in [6.07, 6.45) is -0.565. The average Bonchev–Trinajstić information content (AvgIpc) is 2.31. The molecule has 1 rings (SSSR count). The number of nitrogens with zero attached hydrogens (tertiary/aromatic N) is 1. The minimum Gasteiger partial charge on any atom is -0.480 e. The number of carboxylic acids is 1. The maximum Gasteiger partial charge on any atom is 0.326 e. The van der Waals surface area contributed by atoms with Gasteiger partial charge in [0.25, 0.3) is 0 Å². The summed E-state index contributed by atoms with van der Waals surface area (Å²) >= 11 is 0. The van der Waals surface area contributed by atoms with E-state index in [4.69, 9.17) is 10.2 Å². The summed E-state index contributed by atoms with van der Waals surface area (Å²) in [5.41, 5.74) is 0. The monoisotopic (exact) mass is 173 g/mol. The fraction of sp³-hybridized carbons (Fsp3) is 0.714. The number of carbonyl (C=O) groups is 2. The largest absolute Gasteiger partial charge is 0.480 e. The van der Waals surface area contributed by atoms with Gasteiger partial charge in [-0.05, 0) is 0 Å². The predicted molar refractivity (Wildman–Crippen MR) is 39.4 cm³/mol. The van der Waals surface area contributed by atoms with Crippen molar-refractivity contribution in [3.8, 4) is 0 Å². The Balaban J connectivity index is 2.72. The number of hydrogen-bond donors (Lipinski definition) is 2. The smallest absolute Gasteiger partial charge is 0.326 e. The molecule has 1 unspecified atom stereocenters. The Morgan fingerprint density at radius 1 is 1.50 bits per heavy atom. The number of likely N-dealkylation sites (tertiary alicyclic amines) is 1. The molecule has 1 aliphatic rings. The molecule has 5 heteroatoms. The Morgan fingerprint density at radius 3 is 2.42 bits per heavy atom. The van der Waals surface area contributed by atoms with Crippen LogP contribution in [0.15, 0.2) is 0 Å². The number of rotatable bonds is 1. The number of hydrogen-bond acceptors (Lipinski definition) is 3. The molecule has 1 amide bonds. The zero-order chi connectivity index (χ0) is 9.30. The highest BCUT2D eigenvalue weighted by atomic mass is 16.4. The lowest BCUT2D eigenvalue weighted by molar-refractivity contribution is -0.147. The lowest BCUT2D eigenvalue weighted by Crippen LogP contribution is -2.39. The maximum atomic E-state index is 10.9. The van der Waals surface area contributed by atoms with Crippen molar-refractivity contribution in [1.29, 1.82) is 0 Å². The van der Waals surface area contributed by atoms with Crippen LogP contribution < -0.4 is 0 Å². The van der Waals surface area contributed by atoms with Crippen LogP contribution in [-0.2, 0) is 9.59 Å². The molecule has 0 aromatic heterocycles. The van der Waals surface area contributed by atoms with Gasteiger partial charge < -0.3 is 15.1 Å². The lowest BCUT2D eigenvalue weighted by atomic mass is 10.2. The van der Waals surface area contributed by atoms with Crippen molar-refractivity contribution in [2.45, 2.75) is 25.5 Å². The highest BCUT2D eigenvalue weighted by Gasteiger charge is 2.37. The summed E-state index contributed by atoms with van der Waals surface area (Å²) in [6.45, 7) is 1.43. The third kappa shape index (κ3) is 1.55. The van der Waals surface area contributed by atoms with Gasteiger partial charge in [-0.15, -0.1) is 0 Å². The summed E-state index contributed by atoms with van der Waals surface area (Å²) in [5.74, 6) is -1.36. The van der Waals surface area contributed by atoms with Crippen molar-refractivity contribution in [2.75, 3.05) is 6.54 Å². The van der Waals surface area contributed by atoms with E-state index in [9.17, 15) is 9.59 Å². The highest BCUT2D eigenvalue weighted by molar-refractivity contribution is 5.83. The van der Waals surface area contributed by atoms with Crippen molar-refractivity contribution in [3.05, 3.63) is 0 Å². The van der Waals surface area contributed by atoms with Crippen LogP contribution in [0, 0.1) is 0 Å². The molecule has 1 heterocycles. The van der Waals surface area contributed by atoms with Crippen molar-refractivity contribution >= 4 is 11.9 Å². The standard InChI is InChI=1S/C7H11NO4/c1-4(9)8-3-5(10)2-6(8)7(11)12/h5-6,10H,2-3H2,1H3,(H,11,12)/t5?,6-/m1/s1. The topological polar surface area (TPSA) is 77.8 Å². The fourth-order valence-electron chi connectivity index (χ4n) is 1.40. The molecule has 0 aromatic carbocycles. The summed E-state index contributed by atoms with van der Waals surface area (Å²) in [7, 11) is 0. The third-order valence-electron chi connectivity index (χ3n) is 1.97. The minimum atomic E-state index is -1.05. The summed E-state index contributed by atoms with van der Waals surface area (Å²) < 4.78 is 0. The number of aliphatic hydroxyl groups excluding tert-OH is 1. The molecule has 0 radical (unpaired) electrons. The van der Waals surface area contributed by atoms with Gasteiger partial charge in [0.15, 0.2) is 0 Å². The van der Waals surface area contributed by atoms with Crippen LogP contribution in [-0.4, -0.2) is 45.7 Å². The Bertz CT molecular complexity index is 193. The number of carbonyl (C=O) groups excluding carboxylic acids is 1. The Kier molecular flexibility index (Phi) is 2.32. The fourth-order valence-corrected chi connectivity index (χ4v) is 1.40. The van der Waals surface area contributed by atoms with Crippen molar-refractivity contribution in [2.24, 2.45) is 0 Å². The van der Waals surface area contributed by atoms with E-state index in [1.165, 1.54) is 11.8 Å². The second-order valence-electron chi connectivity index (χ2n) is 2.91. The number of amides is 1. The van der Waals surface area contributed by atoms with Gasteiger partial charge in [-0.25, -0.2) is 4.79 Å². The zero-order valence-electron chi connectivity index (χ0n) is 6.73. The van der Waals surface area contributed by atoms with Crippen LogP contribution in [0.3, 0.4) is 0 Å². The lowest BCUT2D eigenvalue weighted by Gasteiger charge is -2.18. The number of aliphatic hydroxyl groups is 1. The van der Waals surface area contributed by atoms with Gasteiger partial charge in [-0.3, -0.25) is 4.79 Å². The summed E-state index contributed by atoms with van der Waals surface area (Å²) in [5, 5.41) is 17.8. The molecule has 2 atom stereocenters. The zero-order valence-corrected chi connectivity index (χ0v) is 6.73. The molecule has 0 spiro atoms. The molecule has 0 saturated carbocycles. The molecule has 5 nitrogen and oxygen atoms in total. The van der Waals surface area contributed by atoms with E-state index in [1.807, 2.05) is 0 Å².